The number of aliphatic carboxylic acids is 1. The third-order valence-electron chi connectivity index (χ3n) is 2.48. The summed E-state index contributed by atoms with van der Waals surface area (Å²) in [6.07, 6.45) is 1.25. The summed E-state index contributed by atoms with van der Waals surface area (Å²) in [5, 5.41) is 11.8. The molecule has 0 atom stereocenters. The minimum Gasteiger partial charge on any atom is -0.478 e. The van der Waals surface area contributed by atoms with Gasteiger partial charge in [-0.3, -0.25) is 0 Å². The molecule has 4 nitrogen and oxygen atoms in total. The molecule has 92 valence electrons. The second kappa shape index (κ2) is 7.70. The van der Waals surface area contributed by atoms with Crippen molar-refractivity contribution in [2.45, 2.75) is 6.92 Å². The van der Waals surface area contributed by atoms with E-state index in [9.17, 15) is 4.79 Å². The first kappa shape index (κ1) is 13.5. The Labute approximate surface area is 101 Å². The average molecular weight is 244 g/mol. The van der Waals surface area contributed by atoms with E-state index >= 15 is 0 Å². The number of thioether (sulfide) groups is 1. The van der Waals surface area contributed by atoms with E-state index in [-0.39, 0.29) is 0 Å². The summed E-state index contributed by atoms with van der Waals surface area (Å²) in [5.74, 6) is 1.60. The zero-order valence-electron chi connectivity index (χ0n) is 9.74. The summed E-state index contributed by atoms with van der Waals surface area (Å²) >= 11 is 2.01. The first-order chi connectivity index (χ1) is 7.68. The maximum atomic E-state index is 10.4. The van der Waals surface area contributed by atoms with Crippen LogP contribution in [0.15, 0.2) is 11.6 Å². The highest BCUT2D eigenvalue weighted by Crippen LogP contribution is 2.07. The molecule has 2 N–H and O–H groups in total. The van der Waals surface area contributed by atoms with Crippen LogP contribution in [0.1, 0.15) is 6.92 Å². The third kappa shape index (κ3) is 6.15. The second-order valence-corrected chi connectivity index (χ2v) is 5.18. The Kier molecular flexibility index (Phi) is 6.52. The monoisotopic (exact) mass is 244 g/mol. The van der Waals surface area contributed by atoms with Gasteiger partial charge in [0, 0.05) is 50.3 Å². The molecule has 1 heterocycles. The van der Waals surface area contributed by atoms with Gasteiger partial charge in [0.05, 0.1) is 0 Å². The molecule has 0 saturated carbocycles. The van der Waals surface area contributed by atoms with Gasteiger partial charge in [0.2, 0.25) is 0 Å². The van der Waals surface area contributed by atoms with Gasteiger partial charge in [0.25, 0.3) is 0 Å². The first-order valence-corrected chi connectivity index (χ1v) is 6.75. The maximum Gasteiger partial charge on any atom is 0.328 e. The summed E-state index contributed by atoms with van der Waals surface area (Å²) in [6, 6.07) is 0. The van der Waals surface area contributed by atoms with Crippen LogP contribution in [0.25, 0.3) is 0 Å². The molecule has 0 aromatic heterocycles. The van der Waals surface area contributed by atoms with Crippen LogP contribution in [0.4, 0.5) is 0 Å². The summed E-state index contributed by atoms with van der Waals surface area (Å²) in [6.45, 7) is 6.83. The van der Waals surface area contributed by atoms with Gasteiger partial charge in [-0.2, -0.15) is 11.8 Å². The van der Waals surface area contributed by atoms with Crippen LogP contribution >= 0.6 is 11.8 Å². The Hall–Kier alpha value is -0.520. The lowest BCUT2D eigenvalue weighted by Crippen LogP contribution is -2.38. The number of carbonyl (C=O) groups is 1. The molecule has 1 aliphatic heterocycles. The van der Waals surface area contributed by atoms with Gasteiger partial charge in [-0.15, -0.1) is 0 Å². The Bertz CT molecular complexity index is 250. The van der Waals surface area contributed by atoms with Crippen molar-refractivity contribution in [2.75, 3.05) is 44.2 Å². The van der Waals surface area contributed by atoms with Crippen molar-refractivity contribution in [3.8, 4) is 0 Å². The van der Waals surface area contributed by atoms with Crippen LogP contribution in [0.2, 0.25) is 0 Å². The molecule has 0 bridgehead atoms. The molecular formula is C11H20N2O2S. The molecule has 1 saturated heterocycles. The molecule has 1 aliphatic rings. The van der Waals surface area contributed by atoms with E-state index in [1.807, 2.05) is 18.7 Å². The topological polar surface area (TPSA) is 52.6 Å². The van der Waals surface area contributed by atoms with E-state index in [4.69, 9.17) is 5.11 Å². The molecule has 1 rings (SSSR count). The standard InChI is InChI=1S/C11H20N2O2S/c1-10(8-11(14)15)9-12-2-3-13-4-6-16-7-5-13/h8,12H,2-7,9H2,1H3,(H,14,15). The number of rotatable bonds is 6. The molecule has 0 aliphatic carbocycles. The summed E-state index contributed by atoms with van der Waals surface area (Å²) in [5.41, 5.74) is 0.863. The van der Waals surface area contributed by atoms with E-state index < -0.39 is 5.97 Å². The molecule has 0 aromatic rings. The van der Waals surface area contributed by atoms with Crippen molar-refractivity contribution in [1.82, 2.24) is 10.2 Å². The average Bonchev–Trinajstić information content (AvgIpc) is 2.25. The second-order valence-electron chi connectivity index (χ2n) is 3.96. The van der Waals surface area contributed by atoms with Crippen LogP contribution in [0.3, 0.4) is 0 Å². The largest absolute Gasteiger partial charge is 0.478 e. The fourth-order valence-corrected chi connectivity index (χ4v) is 2.59. The van der Waals surface area contributed by atoms with Gasteiger partial charge in [0.1, 0.15) is 0 Å². The smallest absolute Gasteiger partial charge is 0.328 e. The number of nitrogens with zero attached hydrogens (tertiary/aromatic N) is 1. The zero-order chi connectivity index (χ0) is 11.8. The Morgan fingerprint density at radius 3 is 2.81 bits per heavy atom. The molecule has 0 unspecified atom stereocenters. The Morgan fingerprint density at radius 1 is 1.50 bits per heavy atom. The van der Waals surface area contributed by atoms with Crippen LogP contribution < -0.4 is 5.32 Å². The fourth-order valence-electron chi connectivity index (χ4n) is 1.61. The molecule has 0 amide bonds. The minimum atomic E-state index is -0.868. The number of carboxylic acid groups (broad SMARTS) is 1. The van der Waals surface area contributed by atoms with E-state index in [2.05, 4.69) is 10.2 Å². The molecule has 0 spiro atoms. The van der Waals surface area contributed by atoms with Crippen LogP contribution in [0, 0.1) is 0 Å². The predicted molar refractivity (Wildman–Crippen MR) is 68.0 cm³/mol. The van der Waals surface area contributed by atoms with Gasteiger partial charge in [-0.05, 0) is 6.92 Å². The lowest BCUT2D eigenvalue weighted by atomic mass is 10.3. The Morgan fingerprint density at radius 2 is 2.19 bits per heavy atom. The zero-order valence-corrected chi connectivity index (χ0v) is 10.6. The van der Waals surface area contributed by atoms with Crippen molar-refractivity contribution in [3.05, 3.63) is 11.6 Å². The number of nitrogens with one attached hydrogen (secondary N) is 1. The first-order valence-electron chi connectivity index (χ1n) is 5.59. The highest BCUT2D eigenvalue weighted by atomic mass is 32.2. The van der Waals surface area contributed by atoms with Gasteiger partial charge in [0.15, 0.2) is 0 Å². The molecule has 0 radical (unpaired) electrons. The maximum absolute atomic E-state index is 10.4. The van der Waals surface area contributed by atoms with Crippen molar-refractivity contribution in [2.24, 2.45) is 0 Å². The fraction of sp³-hybridized carbons (Fsp3) is 0.727. The molecule has 1 fully saturated rings. The SMILES string of the molecule is CC(=CC(=O)O)CNCCN1CCSCC1. The van der Waals surface area contributed by atoms with E-state index in [1.54, 1.807) is 0 Å². The van der Waals surface area contributed by atoms with Gasteiger partial charge in [-0.1, -0.05) is 5.57 Å². The van der Waals surface area contributed by atoms with Crippen LogP contribution in [-0.2, 0) is 4.79 Å². The van der Waals surface area contributed by atoms with E-state index in [0.29, 0.717) is 6.54 Å². The predicted octanol–water partition coefficient (Wildman–Crippen LogP) is 0.656. The third-order valence-corrected chi connectivity index (χ3v) is 3.42. The Balaban J connectivity index is 2.04. The van der Waals surface area contributed by atoms with E-state index in [1.165, 1.54) is 30.7 Å². The highest BCUT2D eigenvalue weighted by Gasteiger charge is 2.08. The van der Waals surface area contributed by atoms with Crippen molar-refractivity contribution < 1.29 is 9.90 Å². The van der Waals surface area contributed by atoms with Gasteiger partial charge in [-0.25, -0.2) is 4.79 Å². The number of carboxylic acids is 1. The van der Waals surface area contributed by atoms with Gasteiger partial charge >= 0.3 is 5.97 Å². The van der Waals surface area contributed by atoms with Crippen LogP contribution in [0.5, 0.6) is 0 Å². The van der Waals surface area contributed by atoms with Crippen molar-refractivity contribution in [1.29, 1.82) is 0 Å². The van der Waals surface area contributed by atoms with Crippen molar-refractivity contribution >= 4 is 17.7 Å². The summed E-state index contributed by atoms with van der Waals surface area (Å²) < 4.78 is 0. The molecular weight excluding hydrogens is 224 g/mol. The molecule has 0 aromatic carbocycles. The van der Waals surface area contributed by atoms with E-state index in [0.717, 1.165) is 18.7 Å². The normalized spacial score (nSPS) is 18.7. The molecule has 16 heavy (non-hydrogen) atoms. The molecule has 5 heteroatoms. The summed E-state index contributed by atoms with van der Waals surface area (Å²) in [4.78, 5) is 12.8. The highest BCUT2D eigenvalue weighted by molar-refractivity contribution is 7.99. The van der Waals surface area contributed by atoms with Crippen LogP contribution in [-0.4, -0.2) is 60.2 Å². The van der Waals surface area contributed by atoms with Crippen molar-refractivity contribution in [3.63, 3.8) is 0 Å². The summed E-state index contributed by atoms with van der Waals surface area (Å²) in [7, 11) is 0. The number of hydrogen-bond donors (Lipinski definition) is 2. The number of hydrogen-bond acceptors (Lipinski definition) is 4. The lowest BCUT2D eigenvalue weighted by Gasteiger charge is -2.26. The lowest BCUT2D eigenvalue weighted by molar-refractivity contribution is -0.131. The van der Waals surface area contributed by atoms with Gasteiger partial charge < -0.3 is 15.3 Å². The quantitative estimate of drug-likeness (QED) is 0.531. The minimum absolute atomic E-state index is 0.662.